The fourth-order valence-corrected chi connectivity index (χ4v) is 1.68. The molecule has 1 atom stereocenters. The van der Waals surface area contributed by atoms with Crippen molar-refractivity contribution in [3.8, 4) is 0 Å². The van der Waals surface area contributed by atoms with Crippen molar-refractivity contribution < 1.29 is 4.74 Å². The third-order valence-corrected chi connectivity index (χ3v) is 2.55. The molecule has 0 aliphatic heterocycles. The molecule has 1 heterocycles. The Hall–Kier alpha value is -0.340. The van der Waals surface area contributed by atoms with Crippen molar-refractivity contribution >= 4 is 11.3 Å². The van der Waals surface area contributed by atoms with E-state index < -0.39 is 0 Å². The molecule has 0 saturated heterocycles. The van der Waals surface area contributed by atoms with E-state index in [9.17, 15) is 0 Å². The highest BCUT2D eigenvalue weighted by molar-refractivity contribution is 7.10. The first-order chi connectivity index (χ1) is 4.84. The van der Waals surface area contributed by atoms with Gasteiger partial charge in [-0.2, -0.15) is 0 Å². The van der Waals surface area contributed by atoms with Gasteiger partial charge in [0.25, 0.3) is 0 Å². The van der Waals surface area contributed by atoms with E-state index in [1.54, 1.807) is 18.4 Å². The third kappa shape index (κ3) is 1.82. The van der Waals surface area contributed by atoms with Gasteiger partial charge >= 0.3 is 0 Å². The standard InChI is InChI=1S/C8H12OS/c1-7(6-9-2)8-4-3-5-10-8/h3-5,7H,6H2,1-2H3/t7-/m0/s1. The van der Waals surface area contributed by atoms with Crippen molar-refractivity contribution in [2.75, 3.05) is 13.7 Å². The van der Waals surface area contributed by atoms with Gasteiger partial charge in [-0.25, -0.2) is 0 Å². The zero-order valence-corrected chi connectivity index (χ0v) is 7.15. The second-order valence-electron chi connectivity index (χ2n) is 2.37. The largest absolute Gasteiger partial charge is 0.384 e. The van der Waals surface area contributed by atoms with Crippen molar-refractivity contribution in [3.63, 3.8) is 0 Å². The van der Waals surface area contributed by atoms with E-state index in [4.69, 9.17) is 4.74 Å². The summed E-state index contributed by atoms with van der Waals surface area (Å²) in [4.78, 5) is 1.40. The summed E-state index contributed by atoms with van der Waals surface area (Å²) < 4.78 is 5.03. The fraction of sp³-hybridized carbons (Fsp3) is 0.500. The van der Waals surface area contributed by atoms with Gasteiger partial charge in [-0.05, 0) is 11.4 Å². The predicted octanol–water partition coefficient (Wildman–Crippen LogP) is 2.50. The number of hydrogen-bond acceptors (Lipinski definition) is 2. The second kappa shape index (κ2) is 3.74. The van der Waals surface area contributed by atoms with Crippen LogP contribution in [0.2, 0.25) is 0 Å². The number of rotatable bonds is 3. The Morgan fingerprint density at radius 3 is 3.00 bits per heavy atom. The van der Waals surface area contributed by atoms with Gasteiger partial charge in [-0.3, -0.25) is 0 Å². The van der Waals surface area contributed by atoms with Crippen molar-refractivity contribution in [3.05, 3.63) is 22.4 Å². The molecular formula is C8H12OS. The summed E-state index contributed by atoms with van der Waals surface area (Å²) in [5, 5.41) is 2.10. The smallest absolute Gasteiger partial charge is 0.0536 e. The predicted molar refractivity (Wildman–Crippen MR) is 44.6 cm³/mol. The lowest BCUT2D eigenvalue weighted by molar-refractivity contribution is 0.185. The van der Waals surface area contributed by atoms with Gasteiger partial charge in [0.05, 0.1) is 6.61 Å². The molecular weight excluding hydrogens is 144 g/mol. The SMILES string of the molecule is COC[C@H](C)c1cccs1. The van der Waals surface area contributed by atoms with Crippen LogP contribution in [0.3, 0.4) is 0 Å². The highest BCUT2D eigenvalue weighted by Crippen LogP contribution is 2.20. The first-order valence-electron chi connectivity index (χ1n) is 3.37. The minimum Gasteiger partial charge on any atom is -0.384 e. The summed E-state index contributed by atoms with van der Waals surface area (Å²) in [5.41, 5.74) is 0. The van der Waals surface area contributed by atoms with Crippen LogP contribution in [-0.2, 0) is 4.74 Å². The lowest BCUT2D eigenvalue weighted by Crippen LogP contribution is -1.98. The van der Waals surface area contributed by atoms with Crippen LogP contribution >= 0.6 is 11.3 Å². The van der Waals surface area contributed by atoms with Crippen LogP contribution < -0.4 is 0 Å². The minimum absolute atomic E-state index is 0.546. The molecule has 0 saturated carbocycles. The number of thiophene rings is 1. The third-order valence-electron chi connectivity index (χ3n) is 1.45. The maximum atomic E-state index is 5.03. The Bertz CT molecular complexity index is 169. The second-order valence-corrected chi connectivity index (χ2v) is 3.35. The molecule has 1 aromatic heterocycles. The average molecular weight is 156 g/mol. The molecule has 1 aromatic rings. The van der Waals surface area contributed by atoms with Gasteiger partial charge in [-0.1, -0.05) is 13.0 Å². The average Bonchev–Trinajstić information content (AvgIpc) is 2.38. The maximum Gasteiger partial charge on any atom is 0.0536 e. The lowest BCUT2D eigenvalue weighted by atomic mass is 10.1. The summed E-state index contributed by atoms with van der Waals surface area (Å²) in [7, 11) is 1.74. The minimum atomic E-state index is 0.546. The molecule has 0 aromatic carbocycles. The summed E-state index contributed by atoms with van der Waals surface area (Å²) >= 11 is 1.79. The molecule has 10 heavy (non-hydrogen) atoms. The van der Waals surface area contributed by atoms with Crippen molar-refractivity contribution in [1.82, 2.24) is 0 Å². The Morgan fingerprint density at radius 1 is 1.70 bits per heavy atom. The molecule has 56 valence electrons. The van der Waals surface area contributed by atoms with Crippen molar-refractivity contribution in [1.29, 1.82) is 0 Å². The molecule has 0 N–H and O–H groups in total. The monoisotopic (exact) mass is 156 g/mol. The van der Waals surface area contributed by atoms with Crippen LogP contribution in [0.25, 0.3) is 0 Å². The Kier molecular flexibility index (Phi) is 2.90. The zero-order chi connectivity index (χ0) is 7.40. The van der Waals surface area contributed by atoms with E-state index in [0.29, 0.717) is 5.92 Å². The normalized spacial score (nSPS) is 13.4. The molecule has 0 fully saturated rings. The van der Waals surface area contributed by atoms with Gasteiger partial charge in [-0.15, -0.1) is 11.3 Å². The quantitative estimate of drug-likeness (QED) is 0.653. The number of hydrogen-bond donors (Lipinski definition) is 0. The Morgan fingerprint density at radius 2 is 2.50 bits per heavy atom. The van der Waals surface area contributed by atoms with E-state index in [1.807, 2.05) is 0 Å². The van der Waals surface area contributed by atoms with Gasteiger partial charge < -0.3 is 4.74 Å². The molecule has 1 nitrogen and oxygen atoms in total. The summed E-state index contributed by atoms with van der Waals surface area (Å²) in [6, 6.07) is 4.22. The van der Waals surface area contributed by atoms with Crippen molar-refractivity contribution in [2.45, 2.75) is 12.8 Å². The molecule has 0 aliphatic carbocycles. The molecule has 1 rings (SSSR count). The first kappa shape index (κ1) is 7.76. The molecule has 0 unspecified atom stereocenters. The van der Waals surface area contributed by atoms with E-state index in [0.717, 1.165) is 6.61 Å². The highest BCUT2D eigenvalue weighted by Gasteiger charge is 2.03. The van der Waals surface area contributed by atoms with E-state index in [2.05, 4.69) is 24.4 Å². The summed E-state index contributed by atoms with van der Waals surface area (Å²) in [6.45, 7) is 3.00. The Labute approximate surface area is 65.6 Å². The number of methoxy groups -OCH3 is 1. The van der Waals surface area contributed by atoms with Gasteiger partial charge in [0.15, 0.2) is 0 Å². The summed E-state index contributed by atoms with van der Waals surface area (Å²) in [6.07, 6.45) is 0. The molecule has 0 amide bonds. The van der Waals surface area contributed by atoms with Crippen LogP contribution in [0.1, 0.15) is 17.7 Å². The van der Waals surface area contributed by atoms with E-state index >= 15 is 0 Å². The molecule has 2 heteroatoms. The van der Waals surface area contributed by atoms with Crippen LogP contribution in [0, 0.1) is 0 Å². The van der Waals surface area contributed by atoms with Gasteiger partial charge in [0.1, 0.15) is 0 Å². The Balaban J connectivity index is 2.50. The number of ether oxygens (including phenoxy) is 1. The van der Waals surface area contributed by atoms with Crippen LogP contribution in [0.4, 0.5) is 0 Å². The van der Waals surface area contributed by atoms with Gasteiger partial charge in [0, 0.05) is 17.9 Å². The first-order valence-corrected chi connectivity index (χ1v) is 4.25. The van der Waals surface area contributed by atoms with Crippen molar-refractivity contribution in [2.24, 2.45) is 0 Å². The fourth-order valence-electron chi connectivity index (χ4n) is 0.904. The zero-order valence-electron chi connectivity index (χ0n) is 6.33. The van der Waals surface area contributed by atoms with Gasteiger partial charge in [0.2, 0.25) is 0 Å². The highest BCUT2D eigenvalue weighted by atomic mass is 32.1. The van der Waals surface area contributed by atoms with Crippen LogP contribution in [0.5, 0.6) is 0 Å². The van der Waals surface area contributed by atoms with E-state index in [1.165, 1.54) is 4.88 Å². The summed E-state index contributed by atoms with van der Waals surface area (Å²) in [5.74, 6) is 0.546. The molecule has 0 spiro atoms. The topological polar surface area (TPSA) is 9.23 Å². The molecule has 0 bridgehead atoms. The van der Waals surface area contributed by atoms with Crippen LogP contribution in [-0.4, -0.2) is 13.7 Å². The molecule has 0 radical (unpaired) electrons. The maximum absolute atomic E-state index is 5.03. The van der Waals surface area contributed by atoms with E-state index in [-0.39, 0.29) is 0 Å². The van der Waals surface area contributed by atoms with Crippen LogP contribution in [0.15, 0.2) is 17.5 Å². The lowest BCUT2D eigenvalue weighted by Gasteiger charge is -2.05. The molecule has 0 aliphatic rings.